The van der Waals surface area contributed by atoms with E-state index in [1.54, 1.807) is 0 Å². The van der Waals surface area contributed by atoms with Crippen LogP contribution in [0.1, 0.15) is 17.5 Å². The van der Waals surface area contributed by atoms with Crippen molar-refractivity contribution in [1.29, 1.82) is 0 Å². The Balaban J connectivity index is 3.94. The third-order valence-electron chi connectivity index (χ3n) is 4.19. The van der Waals surface area contributed by atoms with Crippen molar-refractivity contribution in [2.24, 2.45) is 5.73 Å². The fourth-order valence-electron chi connectivity index (χ4n) is 2.44. The lowest BCUT2D eigenvalue weighted by molar-refractivity contribution is -0.360. The van der Waals surface area contributed by atoms with Gasteiger partial charge >= 0.3 is 43.2 Å². The maximum Gasteiger partial charge on any atom is 0.515 e. The molecule has 4 N–H and O–H groups in total. The molecule has 1 amide bonds. The Morgan fingerprint density at radius 2 is 1.20 bits per heavy atom. The van der Waals surface area contributed by atoms with Crippen LogP contribution in [-0.2, 0) is 21.4 Å². The Morgan fingerprint density at radius 3 is 1.51 bits per heavy atom. The second-order valence-electron chi connectivity index (χ2n) is 6.59. The lowest BCUT2D eigenvalue weighted by Crippen LogP contribution is -2.57. The van der Waals surface area contributed by atoms with E-state index in [2.05, 4.69) is 4.76 Å². The molecule has 0 heterocycles. The number of alkyl halides is 14. The van der Waals surface area contributed by atoms with Gasteiger partial charge in [0.25, 0.3) is 0 Å². The van der Waals surface area contributed by atoms with Gasteiger partial charge in [-0.1, -0.05) is 18.2 Å². The second-order valence-corrected chi connectivity index (χ2v) is 6.59. The molecule has 1 aromatic rings. The first-order valence-corrected chi connectivity index (χ1v) is 8.59. The number of halogens is 14. The summed E-state index contributed by atoms with van der Waals surface area (Å²) in [5.74, 6) is -28.9. The molecule has 0 fully saturated rings. The Kier molecular flexibility index (Phi) is 8.42. The first-order chi connectivity index (χ1) is 15.5. The summed E-state index contributed by atoms with van der Waals surface area (Å²) in [6.45, 7) is -0.473. The van der Waals surface area contributed by atoms with Crippen molar-refractivity contribution in [2.45, 2.75) is 42.5 Å². The second kappa shape index (κ2) is 9.60. The van der Waals surface area contributed by atoms with Crippen LogP contribution in [-0.4, -0.2) is 48.8 Å². The van der Waals surface area contributed by atoms with Gasteiger partial charge in [0.2, 0.25) is 5.91 Å². The summed E-state index contributed by atoms with van der Waals surface area (Å²) in [6, 6.07) is -1.25. The number of hydrogen-bond acceptors (Lipinski definition) is 4. The van der Waals surface area contributed by atoms with E-state index in [1.165, 1.54) is 0 Å². The van der Waals surface area contributed by atoms with Crippen LogP contribution < -0.4 is 16.7 Å². The highest BCUT2D eigenvalue weighted by Gasteiger charge is 2.76. The van der Waals surface area contributed by atoms with Crippen LogP contribution in [0.5, 0.6) is 0 Å². The van der Waals surface area contributed by atoms with Crippen LogP contribution in [0.25, 0.3) is 0 Å². The molecule has 1 rings (SSSR count). The number of hydrogen-bond donors (Lipinski definition) is 3. The van der Waals surface area contributed by atoms with Crippen LogP contribution in [0.2, 0.25) is 0 Å². The minimum absolute atomic E-state index is 0.269. The lowest BCUT2D eigenvalue weighted by Gasteiger charge is -2.33. The van der Waals surface area contributed by atoms with Gasteiger partial charge in [0.1, 0.15) is 0 Å². The summed E-state index contributed by atoms with van der Waals surface area (Å²) in [5.41, 5.74) is -2.63. The molecule has 200 valence electrons. The molecular weight excluding hydrogens is 533 g/mol. The van der Waals surface area contributed by atoms with E-state index in [9.17, 15) is 71.3 Å². The quantitative estimate of drug-likeness (QED) is 0.253. The fraction of sp³-hybridized carbons (Fsp3) is 0.533. The Labute approximate surface area is 185 Å². The molecular formula is C15H11BF14N2O3. The minimum atomic E-state index is -7.13. The van der Waals surface area contributed by atoms with E-state index in [4.69, 9.17) is 5.73 Å². The summed E-state index contributed by atoms with van der Waals surface area (Å²) in [4.78, 5) is 11.3. The van der Waals surface area contributed by atoms with E-state index < -0.39 is 90.8 Å². The average molecular weight is 544 g/mol. The number of amides is 1. The first kappa shape index (κ1) is 30.7. The molecule has 0 spiro atoms. The maximum absolute atomic E-state index is 14.3. The molecule has 0 aliphatic heterocycles. The molecule has 5 nitrogen and oxygen atoms in total. The van der Waals surface area contributed by atoms with E-state index in [0.29, 0.717) is 0 Å². The van der Waals surface area contributed by atoms with Crippen LogP contribution >= 0.6 is 0 Å². The fourth-order valence-corrected chi connectivity index (χ4v) is 2.44. The minimum Gasteiger partial charge on any atom is -0.422 e. The standard InChI is InChI=1S/C15H11BF14N2O3/c17-10(18,12(21,22)14(25,26)27)6-2-1-3-7(11(19,20)13(23,24)15(28,29)30)9(6)16(34)35-32-8(33)4-5-31/h1-3,34H,4-5,31H2,(H,32,33). The van der Waals surface area contributed by atoms with Crippen molar-refractivity contribution in [3.63, 3.8) is 0 Å². The van der Waals surface area contributed by atoms with E-state index >= 15 is 0 Å². The molecule has 1 aromatic carbocycles. The number of carbonyl (C=O) groups excluding carboxylic acids is 1. The van der Waals surface area contributed by atoms with Gasteiger partial charge in [0.05, 0.1) is 0 Å². The zero-order chi connectivity index (χ0) is 27.8. The summed E-state index contributed by atoms with van der Waals surface area (Å²) in [6.07, 6.45) is -14.9. The van der Waals surface area contributed by atoms with Crippen LogP contribution in [0, 0.1) is 0 Å². The highest BCUT2D eigenvalue weighted by atomic mass is 19.4. The van der Waals surface area contributed by atoms with E-state index in [-0.39, 0.29) is 6.07 Å². The zero-order valence-electron chi connectivity index (χ0n) is 16.4. The molecule has 0 aromatic heterocycles. The molecule has 0 saturated heterocycles. The van der Waals surface area contributed by atoms with Crippen molar-refractivity contribution in [3.8, 4) is 0 Å². The topological polar surface area (TPSA) is 84.6 Å². The summed E-state index contributed by atoms with van der Waals surface area (Å²) < 4.78 is 190. The normalized spacial score (nSPS) is 14.2. The monoisotopic (exact) mass is 544 g/mol. The van der Waals surface area contributed by atoms with Gasteiger partial charge in [-0.2, -0.15) is 61.5 Å². The van der Waals surface area contributed by atoms with Crippen molar-refractivity contribution in [2.75, 3.05) is 6.54 Å². The molecule has 0 aliphatic carbocycles. The molecule has 0 radical (unpaired) electrons. The number of carbonyl (C=O) groups is 1. The maximum atomic E-state index is 14.3. The molecule has 0 saturated carbocycles. The number of nitrogens with two attached hydrogens (primary N) is 1. The lowest BCUT2D eigenvalue weighted by atomic mass is 9.69. The first-order valence-electron chi connectivity index (χ1n) is 8.59. The summed E-state index contributed by atoms with van der Waals surface area (Å²) in [5, 5.41) is 9.78. The van der Waals surface area contributed by atoms with Crippen LogP contribution in [0.4, 0.5) is 61.5 Å². The Morgan fingerprint density at radius 1 is 0.829 bits per heavy atom. The van der Waals surface area contributed by atoms with Gasteiger partial charge in [-0.15, -0.1) is 0 Å². The SMILES string of the molecule is NCCC(=O)NOB(O)c1c(C(F)(F)C(F)(F)C(F)(F)F)cccc1C(F)(F)C(F)(F)C(F)(F)F. The molecule has 0 bridgehead atoms. The van der Waals surface area contributed by atoms with Crippen LogP contribution in [0.15, 0.2) is 18.2 Å². The number of benzene rings is 1. The van der Waals surface area contributed by atoms with Gasteiger partial charge in [0.15, 0.2) is 0 Å². The van der Waals surface area contributed by atoms with E-state index in [0.717, 1.165) is 5.48 Å². The number of hydroxylamine groups is 1. The number of nitrogens with one attached hydrogen (secondary N) is 1. The van der Waals surface area contributed by atoms with Crippen molar-refractivity contribution in [1.82, 2.24) is 5.48 Å². The third kappa shape index (κ3) is 5.42. The Hall–Kier alpha value is -2.35. The third-order valence-corrected chi connectivity index (χ3v) is 4.19. The van der Waals surface area contributed by atoms with Gasteiger partial charge < -0.3 is 10.8 Å². The van der Waals surface area contributed by atoms with Crippen molar-refractivity contribution < 1.29 is 76.0 Å². The highest BCUT2D eigenvalue weighted by molar-refractivity contribution is 6.61. The Bertz CT molecular complexity index is 863. The summed E-state index contributed by atoms with van der Waals surface area (Å²) in [7, 11) is -3.69. The van der Waals surface area contributed by atoms with Crippen LogP contribution in [0.3, 0.4) is 0 Å². The van der Waals surface area contributed by atoms with Gasteiger partial charge in [-0.25, -0.2) is 5.48 Å². The van der Waals surface area contributed by atoms with Gasteiger partial charge in [0, 0.05) is 29.6 Å². The molecule has 35 heavy (non-hydrogen) atoms. The molecule has 0 atom stereocenters. The van der Waals surface area contributed by atoms with Gasteiger partial charge in [-0.05, 0) is 0 Å². The van der Waals surface area contributed by atoms with Crippen molar-refractivity contribution >= 4 is 18.5 Å². The largest absolute Gasteiger partial charge is 0.515 e. The van der Waals surface area contributed by atoms with Crippen molar-refractivity contribution in [3.05, 3.63) is 29.3 Å². The van der Waals surface area contributed by atoms with Gasteiger partial charge in [-0.3, -0.25) is 9.55 Å². The highest BCUT2D eigenvalue weighted by Crippen LogP contribution is 2.54. The van der Waals surface area contributed by atoms with E-state index in [1.807, 2.05) is 0 Å². The zero-order valence-corrected chi connectivity index (χ0v) is 16.4. The molecule has 0 unspecified atom stereocenters. The summed E-state index contributed by atoms with van der Waals surface area (Å²) >= 11 is 0. The number of rotatable bonds is 9. The average Bonchev–Trinajstić information content (AvgIpc) is 2.69. The predicted octanol–water partition coefficient (Wildman–Crippen LogP) is 3.35. The molecule has 20 heteroatoms. The smallest absolute Gasteiger partial charge is 0.422 e. The molecule has 0 aliphatic rings. The predicted molar refractivity (Wildman–Crippen MR) is 86.7 cm³/mol.